The Morgan fingerprint density at radius 3 is 2.65 bits per heavy atom. The average molecular weight is 427 g/mol. The molecule has 0 aliphatic rings. The third kappa shape index (κ3) is 5.35. The highest BCUT2D eigenvalue weighted by atomic mass is 16.6. The van der Waals surface area contributed by atoms with Crippen molar-refractivity contribution >= 4 is 28.7 Å². The van der Waals surface area contributed by atoms with Crippen molar-refractivity contribution in [2.24, 2.45) is 0 Å². The summed E-state index contributed by atoms with van der Waals surface area (Å²) < 4.78 is 11.1. The smallest absolute Gasteiger partial charge is 0.419 e. The molecule has 10 heteroatoms. The predicted molar refractivity (Wildman–Crippen MR) is 110 cm³/mol. The van der Waals surface area contributed by atoms with E-state index in [1.165, 1.54) is 29.9 Å². The van der Waals surface area contributed by atoms with Gasteiger partial charge in [-0.3, -0.25) is 24.3 Å². The van der Waals surface area contributed by atoms with Crippen LogP contribution in [0.15, 0.2) is 57.7 Å². The minimum Gasteiger partial charge on any atom is -0.469 e. The fraction of sp³-hybridized carbons (Fsp3) is 0.286. The number of fused-ring (bicyclic) bond motifs is 1. The molecule has 1 N–H and O–H groups in total. The van der Waals surface area contributed by atoms with E-state index in [1.807, 2.05) is 30.3 Å². The van der Waals surface area contributed by atoms with Crippen LogP contribution in [0.1, 0.15) is 30.9 Å². The van der Waals surface area contributed by atoms with Gasteiger partial charge in [0, 0.05) is 19.0 Å². The monoisotopic (exact) mass is 427 g/mol. The van der Waals surface area contributed by atoms with Crippen molar-refractivity contribution in [2.45, 2.75) is 31.8 Å². The molecule has 3 aromatic rings. The van der Waals surface area contributed by atoms with Gasteiger partial charge < -0.3 is 14.5 Å². The number of esters is 1. The number of oxazole rings is 1. The van der Waals surface area contributed by atoms with Crippen molar-refractivity contribution in [2.75, 3.05) is 7.11 Å². The molecule has 10 nitrogen and oxygen atoms in total. The van der Waals surface area contributed by atoms with E-state index in [0.717, 1.165) is 5.56 Å². The van der Waals surface area contributed by atoms with Gasteiger partial charge in [-0.1, -0.05) is 30.3 Å². The first-order valence-corrected chi connectivity index (χ1v) is 9.58. The summed E-state index contributed by atoms with van der Waals surface area (Å²) in [4.78, 5) is 46.5. The Balaban J connectivity index is 1.64. The highest BCUT2D eigenvalue weighted by Gasteiger charge is 2.19. The maximum Gasteiger partial charge on any atom is 0.419 e. The zero-order valence-electron chi connectivity index (χ0n) is 16.8. The molecule has 1 heterocycles. The topological polar surface area (TPSA) is 134 Å². The normalized spacial score (nSPS) is 11.8. The van der Waals surface area contributed by atoms with Gasteiger partial charge >= 0.3 is 11.7 Å². The van der Waals surface area contributed by atoms with Gasteiger partial charge in [0.25, 0.3) is 5.69 Å². The number of methoxy groups -OCH3 is 1. The third-order valence-corrected chi connectivity index (χ3v) is 4.78. The fourth-order valence-corrected chi connectivity index (χ4v) is 3.23. The van der Waals surface area contributed by atoms with E-state index in [4.69, 9.17) is 9.15 Å². The molecule has 0 saturated carbocycles. The Labute approximate surface area is 176 Å². The van der Waals surface area contributed by atoms with Gasteiger partial charge in [0.05, 0.1) is 36.1 Å². The lowest BCUT2D eigenvalue weighted by atomic mass is 10.0. The van der Waals surface area contributed by atoms with Crippen LogP contribution in [0.3, 0.4) is 0 Å². The number of aryl methyl sites for hydroxylation is 1. The summed E-state index contributed by atoms with van der Waals surface area (Å²) in [7, 11) is 1.29. The molecule has 0 spiro atoms. The Kier molecular flexibility index (Phi) is 6.81. The van der Waals surface area contributed by atoms with Gasteiger partial charge in [0.1, 0.15) is 0 Å². The van der Waals surface area contributed by atoms with Gasteiger partial charge in [-0.05, 0) is 18.1 Å². The van der Waals surface area contributed by atoms with Gasteiger partial charge in [-0.25, -0.2) is 4.79 Å². The predicted octanol–water partition coefficient (Wildman–Crippen LogP) is 2.70. The number of amides is 1. The summed E-state index contributed by atoms with van der Waals surface area (Å²) >= 11 is 0. The SMILES string of the molecule is COC(=O)CC(NC(=O)CCCn1c(=O)oc2cc([N+](=O)[O-])ccc21)c1ccccc1. The Bertz CT molecular complexity index is 1150. The number of non-ortho nitro benzene ring substituents is 1. The lowest BCUT2D eigenvalue weighted by molar-refractivity contribution is -0.384. The molecule has 31 heavy (non-hydrogen) atoms. The third-order valence-electron chi connectivity index (χ3n) is 4.78. The number of benzene rings is 2. The van der Waals surface area contributed by atoms with E-state index in [9.17, 15) is 24.5 Å². The van der Waals surface area contributed by atoms with Crippen molar-refractivity contribution < 1.29 is 23.7 Å². The van der Waals surface area contributed by atoms with E-state index in [1.54, 1.807) is 0 Å². The van der Waals surface area contributed by atoms with Crippen LogP contribution in [0.2, 0.25) is 0 Å². The van der Waals surface area contributed by atoms with E-state index in [0.29, 0.717) is 11.9 Å². The summed E-state index contributed by atoms with van der Waals surface area (Å²) in [5, 5.41) is 13.7. The molecule has 0 aliphatic carbocycles. The van der Waals surface area contributed by atoms with Crippen LogP contribution >= 0.6 is 0 Å². The van der Waals surface area contributed by atoms with Crippen LogP contribution < -0.4 is 11.1 Å². The molecule has 3 rings (SSSR count). The molecule has 0 bridgehead atoms. The summed E-state index contributed by atoms with van der Waals surface area (Å²) in [6.07, 6.45) is 0.435. The molecule has 1 amide bonds. The number of nitro groups is 1. The standard InChI is InChI=1S/C21H21N3O7/c1-30-20(26)13-16(14-6-3-2-4-7-14)22-19(25)8-5-11-23-17-10-9-15(24(28)29)12-18(17)31-21(23)27/h2-4,6-7,9-10,12,16H,5,8,11,13H2,1H3,(H,22,25). The quantitative estimate of drug-likeness (QED) is 0.315. The summed E-state index contributed by atoms with van der Waals surface area (Å²) in [5.74, 6) is -1.38. The van der Waals surface area contributed by atoms with Gasteiger partial charge in [-0.2, -0.15) is 0 Å². The second kappa shape index (κ2) is 9.70. The van der Waals surface area contributed by atoms with Crippen LogP contribution in [0.5, 0.6) is 0 Å². The number of ether oxygens (including phenoxy) is 1. The second-order valence-corrected chi connectivity index (χ2v) is 6.84. The van der Waals surface area contributed by atoms with Crippen LogP contribution in [-0.4, -0.2) is 28.5 Å². The number of aromatic nitrogens is 1. The number of rotatable bonds is 9. The van der Waals surface area contributed by atoms with Crippen LogP contribution in [0.4, 0.5) is 5.69 Å². The first-order valence-electron chi connectivity index (χ1n) is 9.58. The molecule has 1 atom stereocenters. The number of nitrogens with one attached hydrogen (secondary N) is 1. The average Bonchev–Trinajstić information content (AvgIpc) is 3.08. The van der Waals surface area contributed by atoms with E-state index in [-0.39, 0.29) is 36.6 Å². The van der Waals surface area contributed by atoms with E-state index >= 15 is 0 Å². The maximum absolute atomic E-state index is 12.4. The maximum atomic E-state index is 12.4. The Morgan fingerprint density at radius 2 is 1.97 bits per heavy atom. The fourth-order valence-electron chi connectivity index (χ4n) is 3.23. The molecule has 0 fully saturated rings. The molecule has 0 radical (unpaired) electrons. The molecule has 0 aliphatic heterocycles. The molecule has 1 aromatic heterocycles. The van der Waals surface area contributed by atoms with E-state index < -0.39 is 22.7 Å². The largest absolute Gasteiger partial charge is 0.469 e. The van der Waals surface area contributed by atoms with Gasteiger partial charge in [0.2, 0.25) is 5.91 Å². The second-order valence-electron chi connectivity index (χ2n) is 6.84. The molecular formula is C21H21N3O7. The summed E-state index contributed by atoms with van der Waals surface area (Å²) in [6.45, 7) is 0.198. The van der Waals surface area contributed by atoms with Crippen molar-refractivity contribution in [3.05, 3.63) is 74.8 Å². The van der Waals surface area contributed by atoms with Crippen molar-refractivity contribution in [1.29, 1.82) is 0 Å². The lowest BCUT2D eigenvalue weighted by Crippen LogP contribution is -2.30. The molecule has 1 unspecified atom stereocenters. The van der Waals surface area contributed by atoms with Crippen LogP contribution in [0, 0.1) is 10.1 Å². The van der Waals surface area contributed by atoms with Gasteiger partial charge in [-0.15, -0.1) is 0 Å². The number of nitrogens with zero attached hydrogens (tertiary/aromatic N) is 2. The van der Waals surface area contributed by atoms with Crippen molar-refractivity contribution in [3.63, 3.8) is 0 Å². The molecule has 0 saturated heterocycles. The van der Waals surface area contributed by atoms with Crippen LogP contribution in [0.25, 0.3) is 11.1 Å². The zero-order valence-corrected chi connectivity index (χ0v) is 16.8. The minimum atomic E-state index is -0.649. The lowest BCUT2D eigenvalue weighted by Gasteiger charge is -2.18. The number of hydrogen-bond acceptors (Lipinski definition) is 7. The number of hydrogen-bond donors (Lipinski definition) is 1. The minimum absolute atomic E-state index is 0.00312. The Hall–Kier alpha value is -3.95. The first-order chi connectivity index (χ1) is 14.9. The summed E-state index contributed by atoms with van der Waals surface area (Å²) in [6, 6.07) is 12.5. The molecular weight excluding hydrogens is 406 g/mol. The van der Waals surface area contributed by atoms with Crippen molar-refractivity contribution in [1.82, 2.24) is 9.88 Å². The summed E-state index contributed by atoms with van der Waals surface area (Å²) in [5.41, 5.74) is 1.14. The van der Waals surface area contributed by atoms with Gasteiger partial charge in [0.15, 0.2) is 5.58 Å². The van der Waals surface area contributed by atoms with Crippen molar-refractivity contribution in [3.8, 4) is 0 Å². The number of carbonyl (C=O) groups excluding carboxylic acids is 2. The molecule has 2 aromatic carbocycles. The number of nitro benzene ring substituents is 1. The first kappa shape index (κ1) is 21.8. The highest BCUT2D eigenvalue weighted by molar-refractivity contribution is 5.78. The highest BCUT2D eigenvalue weighted by Crippen LogP contribution is 2.21. The van der Waals surface area contributed by atoms with E-state index in [2.05, 4.69) is 5.32 Å². The number of carbonyl (C=O) groups is 2. The van der Waals surface area contributed by atoms with Crippen LogP contribution in [-0.2, 0) is 20.9 Å². The Morgan fingerprint density at radius 1 is 1.23 bits per heavy atom. The molecule has 162 valence electrons. The zero-order chi connectivity index (χ0) is 22.4.